The zero-order valence-electron chi connectivity index (χ0n) is 7.56. The van der Waals surface area contributed by atoms with Crippen LogP contribution in [0.15, 0.2) is 22.7 Å². The molecule has 0 saturated heterocycles. The molecule has 1 aliphatic rings. The molecule has 2 rings (SSSR count). The number of rotatable bonds is 2. The quantitative estimate of drug-likeness (QED) is 0.733. The lowest BCUT2D eigenvalue weighted by Crippen LogP contribution is -2.02. The van der Waals surface area contributed by atoms with Crippen molar-refractivity contribution in [1.29, 1.82) is 5.26 Å². The predicted molar refractivity (Wildman–Crippen MR) is 67.8 cm³/mol. The van der Waals surface area contributed by atoms with Crippen molar-refractivity contribution in [2.75, 3.05) is 0 Å². The second-order valence-corrected chi connectivity index (χ2v) is 5.88. The lowest BCUT2D eigenvalue weighted by molar-refractivity contribution is 0.663. The number of nitrogens with zero attached hydrogens (tertiary/aromatic N) is 1. The highest BCUT2D eigenvalue weighted by molar-refractivity contribution is 14.1. The van der Waals surface area contributed by atoms with Gasteiger partial charge in [0.25, 0.3) is 0 Å². The van der Waals surface area contributed by atoms with Crippen molar-refractivity contribution < 1.29 is 0 Å². The average molecular weight is 362 g/mol. The minimum Gasteiger partial charge on any atom is -0.198 e. The predicted octanol–water partition coefficient (Wildman–Crippen LogP) is 3.90. The molecular formula is C11H9BrIN. The summed E-state index contributed by atoms with van der Waals surface area (Å²) in [5, 5.41) is 9.00. The Morgan fingerprint density at radius 3 is 2.71 bits per heavy atom. The Labute approximate surface area is 106 Å². The van der Waals surface area contributed by atoms with Crippen LogP contribution in [-0.2, 0) is 6.42 Å². The molecule has 0 aliphatic heterocycles. The minimum absolute atomic E-state index is 0.0340. The molecule has 0 bridgehead atoms. The highest BCUT2D eigenvalue weighted by atomic mass is 127. The van der Waals surface area contributed by atoms with Crippen LogP contribution in [0.4, 0.5) is 0 Å². The molecule has 3 heteroatoms. The number of nitriles is 1. The summed E-state index contributed by atoms with van der Waals surface area (Å²) in [4.78, 5) is 0. The van der Waals surface area contributed by atoms with Gasteiger partial charge in [-0.3, -0.25) is 0 Å². The summed E-state index contributed by atoms with van der Waals surface area (Å²) in [5.74, 6) is 0. The maximum atomic E-state index is 9.00. The molecule has 1 fully saturated rings. The Bertz CT molecular complexity index is 404. The van der Waals surface area contributed by atoms with E-state index in [1.807, 2.05) is 6.07 Å². The molecule has 0 spiro atoms. The topological polar surface area (TPSA) is 23.8 Å². The summed E-state index contributed by atoms with van der Waals surface area (Å²) in [7, 11) is 0. The first-order valence-corrected chi connectivity index (χ1v) is 6.38. The maximum Gasteiger partial charge on any atom is 0.0693 e. The van der Waals surface area contributed by atoms with E-state index in [1.54, 1.807) is 0 Å². The van der Waals surface area contributed by atoms with Crippen molar-refractivity contribution >= 4 is 38.5 Å². The van der Waals surface area contributed by atoms with Gasteiger partial charge in [-0.1, -0.05) is 22.0 Å². The van der Waals surface area contributed by atoms with Gasteiger partial charge in [-0.15, -0.1) is 0 Å². The zero-order valence-corrected chi connectivity index (χ0v) is 11.3. The molecule has 0 unspecified atom stereocenters. The van der Waals surface area contributed by atoms with Crippen LogP contribution in [-0.4, -0.2) is 0 Å². The molecular weight excluding hydrogens is 353 g/mol. The summed E-state index contributed by atoms with van der Waals surface area (Å²) in [5.41, 5.74) is 1.26. The number of hydrogen-bond acceptors (Lipinski definition) is 1. The highest BCUT2D eigenvalue weighted by Crippen LogP contribution is 2.48. The van der Waals surface area contributed by atoms with E-state index < -0.39 is 0 Å². The van der Waals surface area contributed by atoms with E-state index >= 15 is 0 Å². The molecule has 0 radical (unpaired) electrons. The van der Waals surface area contributed by atoms with Gasteiger partial charge in [0, 0.05) is 8.04 Å². The third kappa shape index (κ3) is 2.12. The van der Waals surface area contributed by atoms with Crippen LogP contribution in [0.2, 0.25) is 0 Å². The molecule has 0 N–H and O–H groups in total. The summed E-state index contributed by atoms with van der Waals surface area (Å²) >= 11 is 5.77. The summed E-state index contributed by atoms with van der Waals surface area (Å²) in [6.45, 7) is 0. The molecule has 1 aromatic rings. The Hall–Kier alpha value is -0.0800. The second-order valence-electron chi connectivity index (χ2n) is 3.80. The molecule has 0 heterocycles. The standard InChI is InChI=1S/C11H9BrIN/c12-9-2-1-8(10(13)5-9)6-11(7-14)3-4-11/h1-2,5H,3-4,6H2. The fourth-order valence-electron chi connectivity index (χ4n) is 1.51. The van der Waals surface area contributed by atoms with Crippen LogP contribution in [0.5, 0.6) is 0 Å². The average Bonchev–Trinajstić information content (AvgIpc) is 2.91. The van der Waals surface area contributed by atoms with Gasteiger partial charge < -0.3 is 0 Å². The molecule has 72 valence electrons. The lowest BCUT2D eigenvalue weighted by Gasteiger charge is -2.08. The molecule has 0 atom stereocenters. The number of benzene rings is 1. The van der Waals surface area contributed by atoms with Crippen LogP contribution < -0.4 is 0 Å². The molecule has 14 heavy (non-hydrogen) atoms. The Morgan fingerprint density at radius 1 is 1.50 bits per heavy atom. The van der Waals surface area contributed by atoms with Crippen molar-refractivity contribution in [3.63, 3.8) is 0 Å². The van der Waals surface area contributed by atoms with Crippen molar-refractivity contribution in [2.45, 2.75) is 19.3 Å². The van der Waals surface area contributed by atoms with Gasteiger partial charge in [-0.25, -0.2) is 0 Å². The van der Waals surface area contributed by atoms with E-state index in [0.29, 0.717) is 0 Å². The SMILES string of the molecule is N#CC1(Cc2ccc(Br)cc2I)CC1. The molecule has 1 aromatic carbocycles. The summed E-state index contributed by atoms with van der Waals surface area (Å²) in [6.07, 6.45) is 3.04. The number of halogens is 2. The van der Waals surface area contributed by atoms with Crippen LogP contribution in [0.3, 0.4) is 0 Å². The largest absolute Gasteiger partial charge is 0.198 e. The Kier molecular flexibility index (Phi) is 2.85. The normalized spacial score (nSPS) is 17.5. The van der Waals surface area contributed by atoms with Gasteiger partial charge in [0.05, 0.1) is 11.5 Å². The first-order valence-electron chi connectivity index (χ1n) is 4.50. The van der Waals surface area contributed by atoms with E-state index in [2.05, 4.69) is 56.7 Å². The van der Waals surface area contributed by atoms with Gasteiger partial charge in [0.2, 0.25) is 0 Å². The highest BCUT2D eigenvalue weighted by Gasteiger charge is 2.43. The smallest absolute Gasteiger partial charge is 0.0693 e. The van der Waals surface area contributed by atoms with Crippen LogP contribution in [0, 0.1) is 20.3 Å². The van der Waals surface area contributed by atoms with Gasteiger partial charge in [-0.2, -0.15) is 5.26 Å². The van der Waals surface area contributed by atoms with Crippen LogP contribution >= 0.6 is 38.5 Å². The number of hydrogen-bond donors (Lipinski definition) is 0. The summed E-state index contributed by atoms with van der Waals surface area (Å²) < 4.78 is 2.35. The van der Waals surface area contributed by atoms with Crippen LogP contribution in [0.1, 0.15) is 18.4 Å². The van der Waals surface area contributed by atoms with Gasteiger partial charge in [0.15, 0.2) is 0 Å². The van der Waals surface area contributed by atoms with Crippen molar-refractivity contribution in [3.8, 4) is 6.07 Å². The van der Waals surface area contributed by atoms with Crippen molar-refractivity contribution in [1.82, 2.24) is 0 Å². The van der Waals surface area contributed by atoms with Crippen molar-refractivity contribution in [3.05, 3.63) is 31.8 Å². The lowest BCUT2D eigenvalue weighted by atomic mass is 9.98. The molecule has 1 saturated carbocycles. The fourth-order valence-corrected chi connectivity index (χ4v) is 3.00. The molecule has 0 amide bonds. The molecule has 1 aliphatic carbocycles. The third-order valence-corrected chi connectivity index (χ3v) is 4.13. The summed E-state index contributed by atoms with van der Waals surface area (Å²) in [6, 6.07) is 8.69. The van der Waals surface area contributed by atoms with Gasteiger partial charge >= 0.3 is 0 Å². The monoisotopic (exact) mass is 361 g/mol. The van der Waals surface area contributed by atoms with E-state index in [4.69, 9.17) is 5.26 Å². The van der Waals surface area contributed by atoms with E-state index in [-0.39, 0.29) is 5.41 Å². The first-order chi connectivity index (χ1) is 6.65. The molecule has 0 aromatic heterocycles. The van der Waals surface area contributed by atoms with Crippen molar-refractivity contribution in [2.24, 2.45) is 5.41 Å². The van der Waals surface area contributed by atoms with Crippen LogP contribution in [0.25, 0.3) is 0 Å². The maximum absolute atomic E-state index is 9.00. The van der Waals surface area contributed by atoms with Gasteiger partial charge in [-0.05, 0) is 59.5 Å². The molecule has 1 nitrogen and oxygen atoms in total. The van der Waals surface area contributed by atoms with Gasteiger partial charge in [0.1, 0.15) is 0 Å². The Balaban J connectivity index is 2.22. The fraction of sp³-hybridized carbons (Fsp3) is 0.364. The van der Waals surface area contributed by atoms with E-state index in [0.717, 1.165) is 23.7 Å². The third-order valence-electron chi connectivity index (χ3n) is 2.63. The first kappa shape index (κ1) is 10.4. The van der Waals surface area contributed by atoms with E-state index in [9.17, 15) is 0 Å². The second kappa shape index (κ2) is 3.82. The van der Waals surface area contributed by atoms with E-state index in [1.165, 1.54) is 9.13 Å². The minimum atomic E-state index is -0.0340. The Morgan fingerprint density at radius 2 is 2.21 bits per heavy atom. The zero-order chi connectivity index (χ0) is 10.2.